The summed E-state index contributed by atoms with van der Waals surface area (Å²) in [6, 6.07) is 16.1. The minimum absolute atomic E-state index is 0.0595. The van der Waals surface area contributed by atoms with Crippen molar-refractivity contribution >= 4 is 11.7 Å². The van der Waals surface area contributed by atoms with E-state index in [1.54, 1.807) is 12.1 Å². The van der Waals surface area contributed by atoms with Crippen LogP contribution in [0.2, 0.25) is 0 Å². The summed E-state index contributed by atoms with van der Waals surface area (Å²) >= 11 is 0. The van der Waals surface area contributed by atoms with Crippen LogP contribution in [0, 0.1) is 5.82 Å². The molecule has 1 aliphatic rings. The van der Waals surface area contributed by atoms with Crippen molar-refractivity contribution in [2.24, 2.45) is 5.16 Å². The third-order valence-electron chi connectivity index (χ3n) is 4.98. The molecule has 31 heavy (non-hydrogen) atoms. The van der Waals surface area contributed by atoms with Gasteiger partial charge in [-0.2, -0.15) is 0 Å². The summed E-state index contributed by atoms with van der Waals surface area (Å²) in [6.07, 6.45) is 0.698. The van der Waals surface area contributed by atoms with Crippen LogP contribution in [0.4, 0.5) is 4.39 Å². The maximum Gasteiger partial charge on any atom is 0.305 e. The van der Waals surface area contributed by atoms with E-state index in [0.717, 1.165) is 16.8 Å². The summed E-state index contributed by atoms with van der Waals surface area (Å²) in [5.74, 6) is -0.607. The van der Waals surface area contributed by atoms with E-state index in [0.29, 0.717) is 32.4 Å². The number of esters is 1. The minimum Gasteiger partial charge on any atom is -0.463 e. The lowest BCUT2D eigenvalue weighted by Crippen LogP contribution is -2.39. The molecule has 0 aromatic heterocycles. The van der Waals surface area contributed by atoms with Gasteiger partial charge in [-0.25, -0.2) is 4.39 Å². The van der Waals surface area contributed by atoms with Crippen LogP contribution in [0.25, 0.3) is 0 Å². The molecule has 0 spiro atoms. The van der Waals surface area contributed by atoms with E-state index in [4.69, 9.17) is 9.57 Å². The van der Waals surface area contributed by atoms with Crippen LogP contribution >= 0.6 is 0 Å². The highest BCUT2D eigenvalue weighted by Crippen LogP contribution is 2.19. The fraction of sp³-hybridized carbons (Fsp3) is 0.417. The van der Waals surface area contributed by atoms with Gasteiger partial charge in [0.25, 0.3) is 0 Å². The number of halogens is 1. The number of carbonyl (C=O) groups is 1. The second-order valence-electron chi connectivity index (χ2n) is 7.74. The topological polar surface area (TPSA) is 71.4 Å². The molecule has 0 fully saturated rings. The molecule has 1 aliphatic heterocycles. The maximum atomic E-state index is 13.3. The second-order valence-corrected chi connectivity index (χ2v) is 7.74. The Morgan fingerprint density at radius 2 is 2.00 bits per heavy atom. The molecule has 0 bridgehead atoms. The number of nitrogens with zero attached hydrogens (tertiary/aromatic N) is 2. The van der Waals surface area contributed by atoms with E-state index in [1.165, 1.54) is 12.1 Å². The van der Waals surface area contributed by atoms with Gasteiger partial charge >= 0.3 is 5.97 Å². The Kier molecular flexibility index (Phi) is 8.55. The molecule has 1 N–H and O–H groups in total. The summed E-state index contributed by atoms with van der Waals surface area (Å²) in [4.78, 5) is 19.2. The third kappa shape index (κ3) is 7.45. The molecule has 0 radical (unpaired) electrons. The maximum absolute atomic E-state index is 13.3. The van der Waals surface area contributed by atoms with Crippen LogP contribution in [0.3, 0.4) is 0 Å². The average Bonchev–Trinajstić information content (AvgIpc) is 3.23. The van der Waals surface area contributed by atoms with E-state index < -0.39 is 6.10 Å². The fourth-order valence-electron chi connectivity index (χ4n) is 3.48. The molecule has 2 atom stereocenters. The van der Waals surface area contributed by atoms with Crippen LogP contribution < -0.4 is 0 Å². The molecule has 7 heteroatoms. The van der Waals surface area contributed by atoms with E-state index >= 15 is 0 Å². The minimum atomic E-state index is -0.836. The number of rotatable bonds is 11. The van der Waals surface area contributed by atoms with Crippen molar-refractivity contribution < 1.29 is 23.9 Å². The highest BCUT2D eigenvalue weighted by molar-refractivity contribution is 6.01. The number of aliphatic hydroxyl groups is 1. The first-order valence-corrected chi connectivity index (χ1v) is 10.6. The fourth-order valence-corrected chi connectivity index (χ4v) is 3.48. The molecule has 166 valence electrons. The Labute approximate surface area is 182 Å². The van der Waals surface area contributed by atoms with Crippen LogP contribution in [0.1, 0.15) is 37.3 Å². The van der Waals surface area contributed by atoms with Gasteiger partial charge in [0.05, 0.1) is 5.71 Å². The largest absolute Gasteiger partial charge is 0.463 e. The lowest BCUT2D eigenvalue weighted by molar-refractivity contribution is -0.147. The second kappa shape index (κ2) is 11.6. The molecule has 1 heterocycles. The molecule has 6 nitrogen and oxygen atoms in total. The SMILES string of the molecule is CCCC(=O)OC[C@@H](O)CN(Cc1ccc(F)cc1)C[C@H]1CC(c2ccccc2)=NO1. The summed E-state index contributed by atoms with van der Waals surface area (Å²) in [6.45, 7) is 3.15. The number of ether oxygens (including phenoxy) is 1. The van der Waals surface area contributed by atoms with Gasteiger partial charge < -0.3 is 14.7 Å². The van der Waals surface area contributed by atoms with Crippen molar-refractivity contribution in [3.63, 3.8) is 0 Å². The number of benzene rings is 2. The van der Waals surface area contributed by atoms with E-state index in [9.17, 15) is 14.3 Å². The van der Waals surface area contributed by atoms with Gasteiger partial charge in [0.15, 0.2) is 0 Å². The third-order valence-corrected chi connectivity index (χ3v) is 4.98. The zero-order valence-corrected chi connectivity index (χ0v) is 17.7. The molecule has 3 rings (SSSR count). The Balaban J connectivity index is 1.59. The predicted octanol–water partition coefficient (Wildman–Crippen LogP) is 3.53. The van der Waals surface area contributed by atoms with Crippen molar-refractivity contribution in [2.45, 2.75) is 44.9 Å². The number of oxime groups is 1. The van der Waals surface area contributed by atoms with Crippen molar-refractivity contribution in [3.8, 4) is 0 Å². The van der Waals surface area contributed by atoms with Crippen molar-refractivity contribution in [2.75, 3.05) is 19.7 Å². The predicted molar refractivity (Wildman–Crippen MR) is 116 cm³/mol. The number of hydrogen-bond donors (Lipinski definition) is 1. The van der Waals surface area contributed by atoms with Gasteiger partial charge in [0.2, 0.25) is 0 Å². The molecule has 0 amide bonds. The number of hydrogen-bond acceptors (Lipinski definition) is 6. The highest BCUT2D eigenvalue weighted by Gasteiger charge is 2.26. The lowest BCUT2D eigenvalue weighted by atomic mass is 10.0. The first-order chi connectivity index (χ1) is 15.0. The van der Waals surface area contributed by atoms with Gasteiger partial charge in [-0.15, -0.1) is 0 Å². The Hall–Kier alpha value is -2.77. The molecular weight excluding hydrogens is 399 g/mol. The molecule has 2 aromatic rings. The Morgan fingerprint density at radius 3 is 2.71 bits per heavy atom. The van der Waals surface area contributed by atoms with E-state index in [2.05, 4.69) is 5.16 Å². The van der Waals surface area contributed by atoms with Crippen molar-refractivity contribution in [1.82, 2.24) is 4.90 Å². The standard InChI is InChI=1S/C24H29FN2O4/c1-2-6-24(29)30-17-21(28)15-27(14-18-9-11-20(25)12-10-18)16-22-13-23(26-31-22)19-7-4-3-5-8-19/h3-5,7-12,21-22,28H,2,6,13-17H2,1H3/t21-,22+/m0/s1. The quantitative estimate of drug-likeness (QED) is 0.555. The summed E-state index contributed by atoms with van der Waals surface area (Å²) < 4.78 is 18.4. The van der Waals surface area contributed by atoms with Crippen LogP contribution in [0.5, 0.6) is 0 Å². The monoisotopic (exact) mass is 428 g/mol. The molecule has 0 saturated carbocycles. The van der Waals surface area contributed by atoms with Crippen LogP contribution in [-0.2, 0) is 20.9 Å². The molecule has 0 unspecified atom stereocenters. The summed E-state index contributed by atoms with van der Waals surface area (Å²) in [7, 11) is 0. The van der Waals surface area contributed by atoms with Gasteiger partial charge in [-0.3, -0.25) is 9.69 Å². The molecule has 0 aliphatic carbocycles. The highest BCUT2D eigenvalue weighted by atomic mass is 19.1. The van der Waals surface area contributed by atoms with Crippen molar-refractivity contribution in [3.05, 3.63) is 71.5 Å². The first kappa shape index (κ1) is 22.9. The zero-order valence-electron chi connectivity index (χ0n) is 17.7. The van der Waals surface area contributed by atoms with Crippen LogP contribution in [-0.4, -0.2) is 53.6 Å². The van der Waals surface area contributed by atoms with Gasteiger partial charge in [0, 0.05) is 32.5 Å². The molecule has 2 aromatic carbocycles. The van der Waals surface area contributed by atoms with E-state index in [1.807, 2.05) is 42.2 Å². The van der Waals surface area contributed by atoms with Crippen molar-refractivity contribution in [1.29, 1.82) is 0 Å². The lowest BCUT2D eigenvalue weighted by Gasteiger charge is -2.27. The summed E-state index contributed by atoms with van der Waals surface area (Å²) in [5.41, 5.74) is 2.83. The number of aliphatic hydroxyl groups excluding tert-OH is 1. The zero-order chi connectivity index (χ0) is 22.1. The normalized spacial score (nSPS) is 16.6. The number of carbonyl (C=O) groups excluding carboxylic acids is 1. The van der Waals surface area contributed by atoms with Gasteiger partial charge in [-0.1, -0.05) is 54.5 Å². The molecular formula is C24H29FN2O4. The Morgan fingerprint density at radius 1 is 1.26 bits per heavy atom. The van der Waals surface area contributed by atoms with E-state index in [-0.39, 0.29) is 31.0 Å². The van der Waals surface area contributed by atoms with Crippen LogP contribution in [0.15, 0.2) is 59.8 Å². The summed E-state index contributed by atoms with van der Waals surface area (Å²) in [5, 5.41) is 14.6. The first-order valence-electron chi connectivity index (χ1n) is 10.6. The smallest absolute Gasteiger partial charge is 0.305 e. The van der Waals surface area contributed by atoms with Gasteiger partial charge in [0.1, 0.15) is 24.6 Å². The molecule has 0 saturated heterocycles. The average molecular weight is 429 g/mol. The Bertz CT molecular complexity index is 858. The van der Waals surface area contributed by atoms with Gasteiger partial charge in [-0.05, 0) is 29.7 Å².